The fraction of sp³-hybridized carbons (Fsp3) is 0.625. The zero-order chi connectivity index (χ0) is 8.01. The molecule has 0 aromatic heterocycles. The van der Waals surface area contributed by atoms with Crippen LogP contribution in [-0.4, -0.2) is 16.5 Å². The first-order chi connectivity index (χ1) is 5.20. The van der Waals surface area contributed by atoms with Gasteiger partial charge in [0.1, 0.15) is 0 Å². The number of carboxylic acid groups (broad SMARTS) is 1. The maximum absolute atomic E-state index is 10.7. The van der Waals surface area contributed by atoms with Gasteiger partial charge in [-0.1, -0.05) is 12.2 Å². The minimum atomic E-state index is -0.748. The molecule has 0 aliphatic heterocycles. The van der Waals surface area contributed by atoms with Crippen molar-refractivity contribution in [2.24, 2.45) is 17.8 Å². The molecule has 0 spiro atoms. The van der Waals surface area contributed by atoms with Gasteiger partial charge in [-0.25, -0.2) is 0 Å². The quantitative estimate of drug-likeness (QED) is 0.481. The first-order valence-corrected chi connectivity index (χ1v) is 4.19. The van der Waals surface area contributed by atoms with Crippen LogP contribution in [0.2, 0.25) is 0 Å². The molecule has 4 atom stereocenters. The molecule has 2 aliphatic carbocycles. The molecule has 2 rings (SSSR count). The van der Waals surface area contributed by atoms with E-state index < -0.39 is 5.97 Å². The SMILES string of the molecule is O=C(O)C1C2C=CC(C2)C1Cl. The monoisotopic (exact) mass is 172 g/mol. The van der Waals surface area contributed by atoms with E-state index in [2.05, 4.69) is 0 Å². The molecule has 3 heteroatoms. The summed E-state index contributed by atoms with van der Waals surface area (Å²) in [5, 5.41) is 8.61. The summed E-state index contributed by atoms with van der Waals surface area (Å²) >= 11 is 5.94. The highest BCUT2D eigenvalue weighted by Crippen LogP contribution is 2.46. The van der Waals surface area contributed by atoms with Gasteiger partial charge < -0.3 is 5.11 Å². The second kappa shape index (κ2) is 2.24. The first kappa shape index (κ1) is 7.17. The number of halogens is 1. The van der Waals surface area contributed by atoms with E-state index in [1.165, 1.54) is 0 Å². The lowest BCUT2D eigenvalue weighted by Crippen LogP contribution is -2.27. The van der Waals surface area contributed by atoms with E-state index in [-0.39, 0.29) is 17.2 Å². The Bertz CT molecular complexity index is 224. The van der Waals surface area contributed by atoms with Gasteiger partial charge in [0, 0.05) is 0 Å². The van der Waals surface area contributed by atoms with E-state index >= 15 is 0 Å². The average molecular weight is 173 g/mol. The third-order valence-corrected chi connectivity index (χ3v) is 3.24. The molecule has 1 saturated carbocycles. The van der Waals surface area contributed by atoms with Gasteiger partial charge in [-0.15, -0.1) is 11.6 Å². The molecule has 0 radical (unpaired) electrons. The van der Waals surface area contributed by atoms with Crippen molar-refractivity contribution in [3.8, 4) is 0 Å². The van der Waals surface area contributed by atoms with Gasteiger partial charge in [0.25, 0.3) is 0 Å². The van der Waals surface area contributed by atoms with Crippen molar-refractivity contribution in [3.05, 3.63) is 12.2 Å². The normalized spacial score (nSPS) is 46.6. The minimum Gasteiger partial charge on any atom is -0.481 e. The van der Waals surface area contributed by atoms with Crippen LogP contribution in [-0.2, 0) is 4.79 Å². The number of rotatable bonds is 1. The van der Waals surface area contributed by atoms with E-state index in [0.29, 0.717) is 5.92 Å². The Kier molecular flexibility index (Phi) is 1.46. The third-order valence-electron chi connectivity index (χ3n) is 2.65. The third kappa shape index (κ3) is 0.890. The largest absolute Gasteiger partial charge is 0.481 e. The van der Waals surface area contributed by atoms with Gasteiger partial charge in [0.2, 0.25) is 0 Å². The summed E-state index contributed by atoms with van der Waals surface area (Å²) in [5.41, 5.74) is 0. The van der Waals surface area contributed by atoms with Gasteiger partial charge in [-0.05, 0) is 18.3 Å². The predicted molar refractivity (Wildman–Crippen MR) is 41.5 cm³/mol. The maximum Gasteiger partial charge on any atom is 0.308 e. The van der Waals surface area contributed by atoms with Gasteiger partial charge in [-0.3, -0.25) is 4.79 Å². The van der Waals surface area contributed by atoms with Crippen molar-refractivity contribution >= 4 is 17.6 Å². The van der Waals surface area contributed by atoms with Crippen LogP contribution in [0.5, 0.6) is 0 Å². The smallest absolute Gasteiger partial charge is 0.308 e. The van der Waals surface area contributed by atoms with E-state index in [1.807, 2.05) is 12.2 Å². The van der Waals surface area contributed by atoms with Crippen LogP contribution in [0.25, 0.3) is 0 Å². The fourth-order valence-electron chi connectivity index (χ4n) is 2.08. The molecular formula is C8H9ClO2. The lowest BCUT2D eigenvalue weighted by atomic mass is 9.93. The average Bonchev–Trinajstić information content (AvgIpc) is 2.44. The van der Waals surface area contributed by atoms with Gasteiger partial charge >= 0.3 is 5.97 Å². The van der Waals surface area contributed by atoms with Crippen molar-refractivity contribution in [1.29, 1.82) is 0 Å². The van der Waals surface area contributed by atoms with Crippen molar-refractivity contribution in [3.63, 3.8) is 0 Å². The highest BCUT2D eigenvalue weighted by molar-refractivity contribution is 6.22. The molecule has 1 N–H and O–H groups in total. The van der Waals surface area contributed by atoms with Crippen molar-refractivity contribution in [1.82, 2.24) is 0 Å². The molecule has 0 aromatic carbocycles. The minimum absolute atomic E-state index is 0.178. The molecule has 0 amide bonds. The Morgan fingerprint density at radius 1 is 1.45 bits per heavy atom. The summed E-state index contributed by atoms with van der Waals surface area (Å²) in [7, 11) is 0. The van der Waals surface area contributed by atoms with Crippen LogP contribution >= 0.6 is 11.6 Å². The zero-order valence-electron chi connectivity index (χ0n) is 5.90. The molecule has 2 nitrogen and oxygen atoms in total. The molecule has 2 bridgehead atoms. The van der Waals surface area contributed by atoms with Gasteiger partial charge in [0.05, 0.1) is 11.3 Å². The first-order valence-electron chi connectivity index (χ1n) is 3.75. The number of alkyl halides is 1. The van der Waals surface area contributed by atoms with E-state index in [0.717, 1.165) is 6.42 Å². The molecule has 0 aromatic rings. The highest BCUT2D eigenvalue weighted by Gasteiger charge is 2.47. The maximum atomic E-state index is 10.7. The summed E-state index contributed by atoms with van der Waals surface area (Å²) in [6.45, 7) is 0. The molecule has 11 heavy (non-hydrogen) atoms. The number of carbonyl (C=O) groups is 1. The van der Waals surface area contributed by atoms with Crippen LogP contribution in [0, 0.1) is 17.8 Å². The summed E-state index contributed by atoms with van der Waals surface area (Å²) in [6.07, 6.45) is 4.97. The zero-order valence-corrected chi connectivity index (χ0v) is 6.66. The van der Waals surface area contributed by atoms with Crippen molar-refractivity contribution < 1.29 is 9.90 Å². The molecule has 60 valence electrons. The molecule has 4 unspecified atom stereocenters. The van der Waals surface area contributed by atoms with Crippen LogP contribution in [0.3, 0.4) is 0 Å². The van der Waals surface area contributed by atoms with Crippen LogP contribution in [0.15, 0.2) is 12.2 Å². The molecule has 0 heterocycles. The summed E-state index contributed by atoms with van der Waals surface area (Å²) in [5.74, 6) is -0.587. The summed E-state index contributed by atoms with van der Waals surface area (Å²) in [6, 6.07) is 0. The second-order valence-electron chi connectivity index (χ2n) is 3.26. The number of allylic oxidation sites excluding steroid dienone is 2. The topological polar surface area (TPSA) is 37.3 Å². The van der Waals surface area contributed by atoms with E-state index in [9.17, 15) is 4.79 Å². The van der Waals surface area contributed by atoms with Crippen LogP contribution < -0.4 is 0 Å². The molecule has 0 saturated heterocycles. The van der Waals surface area contributed by atoms with Gasteiger partial charge in [-0.2, -0.15) is 0 Å². The van der Waals surface area contributed by atoms with E-state index in [1.54, 1.807) is 0 Å². The number of carboxylic acids is 1. The van der Waals surface area contributed by atoms with Crippen LogP contribution in [0.1, 0.15) is 6.42 Å². The van der Waals surface area contributed by atoms with Gasteiger partial charge in [0.15, 0.2) is 0 Å². The summed E-state index contributed by atoms with van der Waals surface area (Å²) < 4.78 is 0. The Hall–Kier alpha value is -0.500. The number of hydrogen-bond donors (Lipinski definition) is 1. The Balaban J connectivity index is 2.25. The van der Waals surface area contributed by atoms with Crippen molar-refractivity contribution in [2.75, 3.05) is 0 Å². The van der Waals surface area contributed by atoms with Crippen molar-refractivity contribution in [2.45, 2.75) is 11.8 Å². The van der Waals surface area contributed by atoms with E-state index in [4.69, 9.17) is 16.7 Å². The fourth-order valence-corrected chi connectivity index (χ4v) is 2.56. The Morgan fingerprint density at radius 2 is 2.09 bits per heavy atom. The Labute approximate surface area is 69.9 Å². The molecule has 1 fully saturated rings. The lowest BCUT2D eigenvalue weighted by Gasteiger charge is -2.17. The molecular weight excluding hydrogens is 164 g/mol. The number of aliphatic carboxylic acids is 1. The van der Waals surface area contributed by atoms with Crippen LogP contribution in [0.4, 0.5) is 0 Å². The predicted octanol–water partition coefficient (Wildman–Crippen LogP) is 1.50. The Morgan fingerprint density at radius 3 is 2.45 bits per heavy atom. The standard InChI is InChI=1S/C8H9ClO2/c9-7-5-2-1-4(3-5)6(7)8(10)11/h1-2,4-7H,3H2,(H,10,11). The lowest BCUT2D eigenvalue weighted by molar-refractivity contribution is -0.142. The second-order valence-corrected chi connectivity index (χ2v) is 3.76. The molecule has 2 aliphatic rings. The highest BCUT2D eigenvalue weighted by atomic mass is 35.5. The summed E-state index contributed by atoms with van der Waals surface area (Å²) in [4.78, 5) is 10.7. The number of hydrogen-bond acceptors (Lipinski definition) is 1. The number of fused-ring (bicyclic) bond motifs is 2.